The van der Waals surface area contributed by atoms with Crippen LogP contribution < -0.4 is 10.6 Å². The minimum Gasteiger partial charge on any atom is -0.467 e. The van der Waals surface area contributed by atoms with Crippen LogP contribution in [0.3, 0.4) is 0 Å². The van der Waals surface area contributed by atoms with E-state index in [1.807, 2.05) is 0 Å². The zero-order valence-electron chi connectivity index (χ0n) is 13.3. The van der Waals surface area contributed by atoms with E-state index < -0.39 is 41.4 Å². The summed E-state index contributed by atoms with van der Waals surface area (Å²) in [5, 5.41) is 4.52. The molecule has 22 heavy (non-hydrogen) atoms. The lowest BCUT2D eigenvalue weighted by atomic mass is 10.2. The Kier molecular flexibility index (Phi) is 7.93. The topological polar surface area (TPSA) is 111 Å². The lowest BCUT2D eigenvalue weighted by Gasteiger charge is -2.23. The molecule has 0 aromatic rings. The molecule has 126 valence electrons. The van der Waals surface area contributed by atoms with Crippen molar-refractivity contribution in [2.45, 2.75) is 45.4 Å². The summed E-state index contributed by atoms with van der Waals surface area (Å²) in [6.45, 7) is 6.15. The monoisotopic (exact) mass is 334 g/mol. The highest BCUT2D eigenvalue weighted by molar-refractivity contribution is 7.80. The number of nitrogens with one attached hydrogen (secondary N) is 2. The Hall–Kier alpha value is -1.77. The maximum atomic E-state index is 12.0. The quantitative estimate of drug-likeness (QED) is 0.360. The molecule has 2 amide bonds. The third-order valence-corrected chi connectivity index (χ3v) is 2.69. The smallest absolute Gasteiger partial charge is 0.408 e. The first-order valence-electron chi connectivity index (χ1n) is 6.50. The first-order valence-corrected chi connectivity index (χ1v) is 7.14. The third kappa shape index (κ3) is 7.30. The molecule has 0 aliphatic rings. The number of hydrogen-bond donors (Lipinski definition) is 3. The van der Waals surface area contributed by atoms with E-state index >= 15 is 0 Å². The van der Waals surface area contributed by atoms with Gasteiger partial charge in [-0.2, -0.15) is 12.6 Å². The summed E-state index contributed by atoms with van der Waals surface area (Å²) in [4.78, 5) is 46.4. The van der Waals surface area contributed by atoms with Gasteiger partial charge < -0.3 is 20.1 Å². The molecule has 9 heteroatoms. The standard InChI is InChI=1S/C13H22N2O6S/c1-7(16)9(11(18)20-5)15-10(17)8(6-22)14-12(19)21-13(2,3)4/h8-9,22H,6H2,1-5H3,(H,14,19)(H,15,17)/t8-,9+/m0/s1. The minimum atomic E-state index is -1.43. The van der Waals surface area contributed by atoms with Gasteiger partial charge >= 0.3 is 12.1 Å². The second kappa shape index (κ2) is 8.62. The van der Waals surface area contributed by atoms with Crippen LogP contribution in [0.15, 0.2) is 0 Å². The Morgan fingerprint density at radius 2 is 1.68 bits per heavy atom. The van der Waals surface area contributed by atoms with Gasteiger partial charge in [0.2, 0.25) is 5.91 Å². The highest BCUT2D eigenvalue weighted by Crippen LogP contribution is 2.07. The number of Topliss-reactive ketones (excluding diaryl/α,β-unsaturated/α-hetero) is 1. The van der Waals surface area contributed by atoms with Crippen molar-refractivity contribution in [2.75, 3.05) is 12.9 Å². The molecular weight excluding hydrogens is 312 g/mol. The Balaban J connectivity index is 4.80. The molecule has 8 nitrogen and oxygen atoms in total. The van der Waals surface area contributed by atoms with E-state index in [1.165, 1.54) is 0 Å². The zero-order valence-corrected chi connectivity index (χ0v) is 14.2. The summed E-state index contributed by atoms with van der Waals surface area (Å²) in [5.74, 6) is -2.27. The number of ketones is 1. The molecule has 0 heterocycles. The van der Waals surface area contributed by atoms with E-state index in [4.69, 9.17) is 4.74 Å². The average Bonchev–Trinajstić information content (AvgIpc) is 2.38. The van der Waals surface area contributed by atoms with Gasteiger partial charge in [0.1, 0.15) is 11.6 Å². The van der Waals surface area contributed by atoms with Crippen LogP contribution in [0.5, 0.6) is 0 Å². The Morgan fingerprint density at radius 3 is 2.05 bits per heavy atom. The number of ether oxygens (including phenoxy) is 2. The first-order chi connectivity index (χ1) is 10.0. The van der Waals surface area contributed by atoms with Crippen molar-refractivity contribution in [1.29, 1.82) is 0 Å². The summed E-state index contributed by atoms with van der Waals surface area (Å²) in [6.07, 6.45) is -0.806. The molecule has 0 aliphatic carbocycles. The molecular formula is C13H22N2O6S. The van der Waals surface area contributed by atoms with Crippen LogP contribution in [-0.2, 0) is 23.9 Å². The van der Waals surface area contributed by atoms with Crippen LogP contribution in [0.2, 0.25) is 0 Å². The van der Waals surface area contributed by atoms with Gasteiger partial charge in [0.25, 0.3) is 0 Å². The number of thiol groups is 1. The van der Waals surface area contributed by atoms with Gasteiger partial charge in [0, 0.05) is 5.75 Å². The Bertz CT molecular complexity index is 446. The van der Waals surface area contributed by atoms with Crippen molar-refractivity contribution in [2.24, 2.45) is 0 Å². The van der Waals surface area contributed by atoms with Gasteiger partial charge in [-0.05, 0) is 27.7 Å². The predicted octanol–water partition coefficient (Wildman–Crippen LogP) is 0.0563. The van der Waals surface area contributed by atoms with Gasteiger partial charge in [0.15, 0.2) is 11.8 Å². The van der Waals surface area contributed by atoms with E-state index in [-0.39, 0.29) is 5.75 Å². The van der Waals surface area contributed by atoms with Crippen LogP contribution >= 0.6 is 12.6 Å². The Morgan fingerprint density at radius 1 is 1.14 bits per heavy atom. The lowest BCUT2D eigenvalue weighted by molar-refractivity contribution is -0.148. The lowest BCUT2D eigenvalue weighted by Crippen LogP contribution is -2.55. The third-order valence-electron chi connectivity index (χ3n) is 2.32. The van der Waals surface area contributed by atoms with Crippen LogP contribution in [0, 0.1) is 0 Å². The molecule has 0 rings (SSSR count). The molecule has 0 unspecified atom stereocenters. The fourth-order valence-corrected chi connectivity index (χ4v) is 1.59. The molecule has 0 bridgehead atoms. The van der Waals surface area contributed by atoms with E-state index in [1.54, 1.807) is 20.8 Å². The van der Waals surface area contributed by atoms with E-state index in [2.05, 4.69) is 28.0 Å². The summed E-state index contributed by atoms with van der Waals surface area (Å²) in [5.41, 5.74) is -0.727. The molecule has 0 fully saturated rings. The maximum absolute atomic E-state index is 12.0. The minimum absolute atomic E-state index is 0.0448. The van der Waals surface area contributed by atoms with Crippen LogP contribution in [0.25, 0.3) is 0 Å². The van der Waals surface area contributed by atoms with Gasteiger partial charge in [-0.3, -0.25) is 9.59 Å². The number of rotatable bonds is 6. The summed E-state index contributed by atoms with van der Waals surface area (Å²) < 4.78 is 9.45. The number of amides is 2. The van der Waals surface area contributed by atoms with E-state index in [9.17, 15) is 19.2 Å². The van der Waals surface area contributed by atoms with Gasteiger partial charge in [-0.25, -0.2) is 9.59 Å². The number of carbonyl (C=O) groups excluding carboxylic acids is 4. The first kappa shape index (κ1) is 20.2. The van der Waals surface area contributed by atoms with Crippen LogP contribution in [0.1, 0.15) is 27.7 Å². The number of alkyl carbamates (subject to hydrolysis) is 1. The summed E-state index contributed by atoms with van der Waals surface area (Å²) in [6, 6.07) is -2.50. The SMILES string of the molecule is COC(=O)[C@H](NC(=O)[C@H](CS)NC(=O)OC(C)(C)C)C(C)=O. The number of methoxy groups -OCH3 is 1. The second-order valence-electron chi connectivity index (χ2n) is 5.46. The Labute approximate surface area is 134 Å². The highest BCUT2D eigenvalue weighted by Gasteiger charge is 2.30. The van der Waals surface area contributed by atoms with Gasteiger partial charge in [-0.15, -0.1) is 0 Å². The van der Waals surface area contributed by atoms with Crippen molar-refractivity contribution in [3.63, 3.8) is 0 Å². The fraction of sp³-hybridized carbons (Fsp3) is 0.692. The molecule has 0 radical (unpaired) electrons. The molecule has 2 atom stereocenters. The van der Waals surface area contributed by atoms with E-state index in [0.717, 1.165) is 14.0 Å². The molecule has 2 N–H and O–H groups in total. The second-order valence-corrected chi connectivity index (χ2v) is 5.82. The van der Waals surface area contributed by atoms with Crippen molar-refractivity contribution >= 4 is 36.4 Å². The van der Waals surface area contributed by atoms with Crippen LogP contribution in [-0.4, -0.2) is 54.3 Å². The summed E-state index contributed by atoms with van der Waals surface area (Å²) >= 11 is 3.96. The molecule has 0 aliphatic heterocycles. The summed E-state index contributed by atoms with van der Waals surface area (Å²) in [7, 11) is 1.10. The normalized spacial score (nSPS) is 13.5. The van der Waals surface area contributed by atoms with E-state index in [0.29, 0.717) is 0 Å². The zero-order chi connectivity index (χ0) is 17.5. The molecule has 0 aromatic heterocycles. The van der Waals surface area contributed by atoms with Crippen molar-refractivity contribution < 1.29 is 28.7 Å². The number of esters is 1. The van der Waals surface area contributed by atoms with Crippen molar-refractivity contribution in [3.8, 4) is 0 Å². The predicted molar refractivity (Wildman–Crippen MR) is 81.6 cm³/mol. The van der Waals surface area contributed by atoms with Crippen molar-refractivity contribution in [3.05, 3.63) is 0 Å². The maximum Gasteiger partial charge on any atom is 0.408 e. The highest BCUT2D eigenvalue weighted by atomic mass is 32.1. The molecule has 0 saturated carbocycles. The fourth-order valence-electron chi connectivity index (χ4n) is 1.33. The number of carbonyl (C=O) groups is 4. The largest absolute Gasteiger partial charge is 0.467 e. The van der Waals surface area contributed by atoms with Gasteiger partial charge in [-0.1, -0.05) is 0 Å². The molecule has 0 saturated heterocycles. The number of hydrogen-bond acceptors (Lipinski definition) is 7. The van der Waals surface area contributed by atoms with Gasteiger partial charge in [0.05, 0.1) is 7.11 Å². The average molecular weight is 334 g/mol. The molecule has 0 aromatic carbocycles. The van der Waals surface area contributed by atoms with Crippen molar-refractivity contribution in [1.82, 2.24) is 10.6 Å². The molecule has 0 spiro atoms. The van der Waals surface area contributed by atoms with Crippen LogP contribution in [0.4, 0.5) is 4.79 Å².